The van der Waals surface area contributed by atoms with Crippen LogP contribution < -0.4 is 0 Å². The summed E-state index contributed by atoms with van der Waals surface area (Å²) >= 11 is 3.78. The topological polar surface area (TPSA) is 9.86 Å². The van der Waals surface area contributed by atoms with Gasteiger partial charge in [-0.05, 0) is 119 Å². The van der Waals surface area contributed by atoms with Gasteiger partial charge in [0, 0.05) is 78.7 Å². The van der Waals surface area contributed by atoms with E-state index in [2.05, 4.69) is 191 Å². The first-order chi connectivity index (χ1) is 31.7. The van der Waals surface area contributed by atoms with Gasteiger partial charge in [-0.1, -0.05) is 128 Å². The molecule has 1 saturated carbocycles. The fraction of sp³-hybridized carbons (Fsp3) is 0.100. The van der Waals surface area contributed by atoms with Crippen LogP contribution in [0.3, 0.4) is 0 Å². The Morgan fingerprint density at radius 1 is 0.328 bits per heavy atom. The molecule has 4 heteroatoms. The predicted molar refractivity (Wildman–Crippen MR) is 276 cm³/mol. The molecule has 2 nitrogen and oxygen atoms in total. The number of benzene rings is 9. The van der Waals surface area contributed by atoms with Crippen molar-refractivity contribution >= 4 is 107 Å². The Kier molecular flexibility index (Phi) is 7.23. The minimum Gasteiger partial charge on any atom is -0.309 e. The molecule has 1 fully saturated rings. The summed E-state index contributed by atoms with van der Waals surface area (Å²) < 4.78 is 10.4. The van der Waals surface area contributed by atoms with Crippen LogP contribution in [-0.2, 0) is 5.41 Å². The maximum atomic E-state index is 2.62. The third-order valence-electron chi connectivity index (χ3n) is 15.1. The van der Waals surface area contributed by atoms with Crippen LogP contribution in [0.1, 0.15) is 43.2 Å². The minimum absolute atomic E-state index is 0.00493. The van der Waals surface area contributed by atoms with E-state index >= 15 is 0 Å². The second kappa shape index (κ2) is 13.0. The summed E-state index contributed by atoms with van der Waals surface area (Å²) in [7, 11) is 0. The van der Waals surface area contributed by atoms with Crippen molar-refractivity contribution in [3.05, 3.63) is 193 Å². The van der Waals surface area contributed by atoms with Gasteiger partial charge in [0.2, 0.25) is 0 Å². The molecule has 9 aromatic carbocycles. The van der Waals surface area contributed by atoms with E-state index < -0.39 is 0 Å². The number of thiophene rings is 2. The molecule has 64 heavy (non-hydrogen) atoms. The van der Waals surface area contributed by atoms with Crippen molar-refractivity contribution in [1.29, 1.82) is 0 Å². The maximum Gasteiger partial charge on any atom is 0.0547 e. The fourth-order valence-electron chi connectivity index (χ4n) is 12.2. The second-order valence-electron chi connectivity index (χ2n) is 18.3. The standard InChI is InChI=1S/C60H40N2S2/c1-10-28-60(29-11-1)50-30-36(37-21-25-43-41-12-2-6-16-52(41)61(54(43)31-37)38-22-26-46-44-14-4-8-18-56(44)63-58(46)32-38)20-24-40(50)48-35-55-49(34-51(48)60)42-13-3-7-17-53(42)62(55)39-23-27-47-45-15-5-9-19-57(45)64-59(47)33-39/h2-9,12-27,30-35H,1,10-11,28-29H2. The number of hydrogen-bond donors (Lipinski definition) is 0. The quantitative estimate of drug-likeness (QED) is 0.168. The second-order valence-corrected chi connectivity index (χ2v) is 20.5. The molecule has 1 spiro atoms. The average Bonchev–Trinajstić information content (AvgIpc) is 4.14. The van der Waals surface area contributed by atoms with Crippen molar-refractivity contribution in [2.75, 3.05) is 0 Å². The molecule has 0 saturated heterocycles. The smallest absolute Gasteiger partial charge is 0.0547 e. The molecule has 2 aliphatic carbocycles. The first-order valence-corrected chi connectivity index (χ1v) is 24.4. The number of para-hydroxylation sites is 2. The zero-order chi connectivity index (χ0) is 41.7. The summed E-state index contributed by atoms with van der Waals surface area (Å²) in [5.41, 5.74) is 15.9. The van der Waals surface area contributed by atoms with Gasteiger partial charge in [-0.15, -0.1) is 22.7 Å². The number of rotatable bonds is 3. The van der Waals surface area contributed by atoms with E-state index in [-0.39, 0.29) is 5.41 Å². The molecule has 0 aliphatic heterocycles. The Morgan fingerprint density at radius 3 is 1.47 bits per heavy atom. The molecule has 0 unspecified atom stereocenters. The van der Waals surface area contributed by atoms with E-state index in [1.807, 2.05) is 22.7 Å². The highest BCUT2D eigenvalue weighted by Crippen LogP contribution is 2.58. The first kappa shape index (κ1) is 35.5. The summed E-state index contributed by atoms with van der Waals surface area (Å²) in [6.45, 7) is 0. The molecule has 0 radical (unpaired) electrons. The van der Waals surface area contributed by atoms with E-state index in [1.165, 1.54) is 161 Å². The van der Waals surface area contributed by atoms with Crippen molar-refractivity contribution < 1.29 is 0 Å². The third-order valence-corrected chi connectivity index (χ3v) is 17.4. The molecular weight excluding hydrogens is 813 g/mol. The van der Waals surface area contributed by atoms with E-state index in [1.54, 1.807) is 0 Å². The Balaban J connectivity index is 0.913. The zero-order valence-corrected chi connectivity index (χ0v) is 36.7. The van der Waals surface area contributed by atoms with Gasteiger partial charge in [0.15, 0.2) is 0 Å². The number of fused-ring (bicyclic) bond motifs is 17. The monoisotopic (exact) mass is 852 g/mol. The van der Waals surface area contributed by atoms with E-state index in [9.17, 15) is 0 Å². The Labute approximate surface area is 377 Å². The number of aromatic nitrogens is 2. The minimum atomic E-state index is 0.00493. The van der Waals surface area contributed by atoms with Gasteiger partial charge in [0.05, 0.1) is 22.1 Å². The SMILES string of the molecule is c1ccc2c(c1)sc1cc(-n3c4ccccc4c4ccc(-c5ccc6c(c5)C5(CCCCC5)c5cc7c8ccccc8n(-c8ccc9c(c8)sc8ccccc89)c7cc5-6)cc43)ccc12. The average molecular weight is 853 g/mol. The zero-order valence-electron chi connectivity index (χ0n) is 35.1. The molecular formula is C60H40N2S2. The van der Waals surface area contributed by atoms with Gasteiger partial charge in [0.1, 0.15) is 0 Å². The van der Waals surface area contributed by atoms with Crippen LogP contribution >= 0.6 is 22.7 Å². The first-order valence-electron chi connectivity index (χ1n) is 22.8. The van der Waals surface area contributed by atoms with Gasteiger partial charge in [0.25, 0.3) is 0 Å². The molecule has 4 heterocycles. The van der Waals surface area contributed by atoms with Gasteiger partial charge < -0.3 is 9.13 Å². The van der Waals surface area contributed by atoms with Crippen LogP contribution in [-0.4, -0.2) is 9.13 Å². The molecule has 0 atom stereocenters. The summed E-state index contributed by atoms with van der Waals surface area (Å²) in [5, 5.41) is 10.6. The van der Waals surface area contributed by atoms with Crippen LogP contribution in [0.25, 0.3) is 118 Å². The Hall–Kier alpha value is -6.98. The molecule has 13 aromatic rings. The van der Waals surface area contributed by atoms with Gasteiger partial charge in [-0.25, -0.2) is 0 Å². The maximum absolute atomic E-state index is 2.62. The summed E-state index contributed by atoms with van der Waals surface area (Å²) in [5.74, 6) is 0. The van der Waals surface area contributed by atoms with Crippen molar-refractivity contribution in [3.8, 4) is 33.6 Å². The van der Waals surface area contributed by atoms with Crippen LogP contribution in [0, 0.1) is 0 Å². The molecule has 15 rings (SSSR count). The van der Waals surface area contributed by atoms with Crippen LogP contribution in [0.15, 0.2) is 182 Å². The molecule has 0 bridgehead atoms. The lowest BCUT2D eigenvalue weighted by Crippen LogP contribution is -2.28. The molecule has 0 N–H and O–H groups in total. The lowest BCUT2D eigenvalue weighted by molar-refractivity contribution is 0.353. The highest BCUT2D eigenvalue weighted by atomic mass is 32.1. The van der Waals surface area contributed by atoms with Gasteiger partial charge >= 0.3 is 0 Å². The van der Waals surface area contributed by atoms with Crippen molar-refractivity contribution in [2.24, 2.45) is 0 Å². The molecule has 2 aliphatic rings. The Bertz CT molecular complexity index is 4130. The van der Waals surface area contributed by atoms with E-state index in [0.29, 0.717) is 0 Å². The molecule has 4 aromatic heterocycles. The lowest BCUT2D eigenvalue weighted by atomic mass is 9.67. The van der Waals surface area contributed by atoms with E-state index in [4.69, 9.17) is 0 Å². The largest absolute Gasteiger partial charge is 0.309 e. The summed E-state index contributed by atoms with van der Waals surface area (Å²) in [4.78, 5) is 0. The van der Waals surface area contributed by atoms with Crippen LogP contribution in [0.4, 0.5) is 0 Å². The van der Waals surface area contributed by atoms with Crippen molar-refractivity contribution in [1.82, 2.24) is 9.13 Å². The van der Waals surface area contributed by atoms with Crippen LogP contribution in [0.5, 0.6) is 0 Å². The third kappa shape index (κ3) is 4.79. The fourth-order valence-corrected chi connectivity index (χ4v) is 14.5. The highest BCUT2D eigenvalue weighted by Gasteiger charge is 2.44. The van der Waals surface area contributed by atoms with E-state index in [0.717, 1.165) is 0 Å². The lowest BCUT2D eigenvalue weighted by Gasteiger charge is -2.36. The van der Waals surface area contributed by atoms with Gasteiger partial charge in [-0.2, -0.15) is 0 Å². The van der Waals surface area contributed by atoms with Crippen molar-refractivity contribution in [3.63, 3.8) is 0 Å². The number of nitrogens with zero attached hydrogens (tertiary/aromatic N) is 2. The molecule has 0 amide bonds. The summed E-state index contributed by atoms with van der Waals surface area (Å²) in [6, 6.07) is 69.5. The predicted octanol–water partition coefficient (Wildman–Crippen LogP) is 17.5. The molecule has 302 valence electrons. The van der Waals surface area contributed by atoms with Crippen molar-refractivity contribution in [2.45, 2.75) is 37.5 Å². The van der Waals surface area contributed by atoms with Crippen LogP contribution in [0.2, 0.25) is 0 Å². The highest BCUT2D eigenvalue weighted by molar-refractivity contribution is 7.26. The van der Waals surface area contributed by atoms with Gasteiger partial charge in [-0.3, -0.25) is 0 Å². The summed E-state index contributed by atoms with van der Waals surface area (Å²) in [6.07, 6.45) is 6.21. The number of hydrogen-bond acceptors (Lipinski definition) is 2. The Morgan fingerprint density at radius 2 is 0.812 bits per heavy atom. The normalized spacial score (nSPS) is 14.7.